The highest BCUT2D eigenvalue weighted by atomic mass is 79.9. The molecule has 0 aliphatic carbocycles. The van der Waals surface area contributed by atoms with Crippen LogP contribution in [0.4, 0.5) is 10.5 Å². The van der Waals surface area contributed by atoms with Crippen LogP contribution in [0.15, 0.2) is 22.7 Å². The van der Waals surface area contributed by atoms with Gasteiger partial charge in [0.25, 0.3) is 0 Å². The number of aliphatic carboxylic acids is 1. The fraction of sp³-hybridized carbons (Fsp3) is 0.385. The molecule has 2 amide bonds. The molecule has 0 heterocycles. The van der Waals surface area contributed by atoms with Crippen molar-refractivity contribution in [3.63, 3.8) is 0 Å². The van der Waals surface area contributed by atoms with E-state index in [1.165, 1.54) is 0 Å². The van der Waals surface area contributed by atoms with E-state index in [1.807, 2.05) is 25.3 Å². The third-order valence-electron chi connectivity index (χ3n) is 2.58. The molecule has 0 unspecified atom stereocenters. The zero-order chi connectivity index (χ0) is 15.1. The monoisotopic (exact) mass is 360 g/mol. The predicted octanol–water partition coefficient (Wildman–Crippen LogP) is 3.09. The first-order chi connectivity index (χ1) is 9.43. The normalized spacial score (nSPS) is 11.8. The molecule has 7 heteroatoms. The summed E-state index contributed by atoms with van der Waals surface area (Å²) >= 11 is 4.87. The lowest BCUT2D eigenvalue weighted by molar-refractivity contribution is -0.139. The van der Waals surface area contributed by atoms with E-state index in [1.54, 1.807) is 17.8 Å². The standard InChI is InChI=1S/C13H17BrN2O3S/c1-8-3-4-9(14)11(7-8)16-13(19)15-10(12(17)18)5-6-20-2/h3-4,7,10H,5-6H2,1-2H3,(H,17,18)(H2,15,16,19)/t10-/m0/s1. The van der Waals surface area contributed by atoms with Gasteiger partial charge in [-0.1, -0.05) is 6.07 Å². The Morgan fingerprint density at radius 2 is 2.15 bits per heavy atom. The molecule has 0 aliphatic heterocycles. The quantitative estimate of drug-likeness (QED) is 0.728. The number of thioether (sulfide) groups is 1. The summed E-state index contributed by atoms with van der Waals surface area (Å²) in [7, 11) is 0. The molecule has 0 aromatic heterocycles. The van der Waals surface area contributed by atoms with Crippen molar-refractivity contribution in [2.24, 2.45) is 0 Å². The van der Waals surface area contributed by atoms with Crippen LogP contribution in [-0.2, 0) is 4.79 Å². The third-order valence-corrected chi connectivity index (χ3v) is 3.92. The average molecular weight is 361 g/mol. The van der Waals surface area contributed by atoms with E-state index in [4.69, 9.17) is 5.11 Å². The maximum Gasteiger partial charge on any atom is 0.326 e. The molecule has 0 radical (unpaired) electrons. The van der Waals surface area contributed by atoms with Gasteiger partial charge in [-0.3, -0.25) is 0 Å². The molecule has 5 nitrogen and oxygen atoms in total. The van der Waals surface area contributed by atoms with Crippen LogP contribution in [0.5, 0.6) is 0 Å². The SMILES string of the molecule is CSCC[C@H](NC(=O)Nc1cc(C)ccc1Br)C(=O)O. The van der Waals surface area contributed by atoms with E-state index in [-0.39, 0.29) is 0 Å². The number of aryl methyl sites for hydroxylation is 1. The summed E-state index contributed by atoms with van der Waals surface area (Å²) in [6, 6.07) is 4.14. The second-order valence-corrected chi connectivity index (χ2v) is 6.09. The molecule has 110 valence electrons. The summed E-state index contributed by atoms with van der Waals surface area (Å²) in [6.45, 7) is 1.91. The minimum atomic E-state index is -1.03. The van der Waals surface area contributed by atoms with Crippen molar-refractivity contribution in [3.8, 4) is 0 Å². The fourth-order valence-corrected chi connectivity index (χ4v) is 2.36. The van der Waals surface area contributed by atoms with Crippen molar-refractivity contribution >= 4 is 45.4 Å². The average Bonchev–Trinajstić information content (AvgIpc) is 2.38. The number of carbonyl (C=O) groups excluding carboxylic acids is 1. The van der Waals surface area contributed by atoms with Crippen molar-refractivity contribution in [2.45, 2.75) is 19.4 Å². The molecule has 3 N–H and O–H groups in total. The molecule has 0 bridgehead atoms. The first-order valence-corrected chi connectivity index (χ1v) is 8.18. The Labute approximate surface area is 130 Å². The van der Waals surface area contributed by atoms with Crippen LogP contribution in [0.2, 0.25) is 0 Å². The van der Waals surface area contributed by atoms with Gasteiger partial charge in [-0.2, -0.15) is 11.8 Å². The highest BCUT2D eigenvalue weighted by Crippen LogP contribution is 2.23. The number of carboxylic acids is 1. The lowest BCUT2D eigenvalue weighted by atomic mass is 10.2. The molecule has 0 fully saturated rings. The number of anilines is 1. The van der Waals surface area contributed by atoms with Crippen LogP contribution in [0.25, 0.3) is 0 Å². The van der Waals surface area contributed by atoms with E-state index in [0.29, 0.717) is 17.9 Å². The van der Waals surface area contributed by atoms with Crippen LogP contribution in [0.3, 0.4) is 0 Å². The first kappa shape index (κ1) is 16.8. The van der Waals surface area contributed by atoms with Gasteiger partial charge in [0.05, 0.1) is 5.69 Å². The molecule has 20 heavy (non-hydrogen) atoms. The molecule has 0 saturated heterocycles. The van der Waals surface area contributed by atoms with E-state index in [2.05, 4.69) is 26.6 Å². The van der Waals surface area contributed by atoms with Gasteiger partial charge in [0.15, 0.2) is 0 Å². The number of amides is 2. The molecule has 0 spiro atoms. The van der Waals surface area contributed by atoms with Crippen molar-refractivity contribution < 1.29 is 14.7 Å². The number of hydrogen-bond donors (Lipinski definition) is 3. The largest absolute Gasteiger partial charge is 0.480 e. The van der Waals surface area contributed by atoms with Gasteiger partial charge in [0.1, 0.15) is 6.04 Å². The van der Waals surface area contributed by atoms with Crippen LogP contribution in [-0.4, -0.2) is 35.2 Å². The Balaban J connectivity index is 2.65. The number of carbonyl (C=O) groups is 2. The number of carboxylic acid groups (broad SMARTS) is 1. The molecule has 1 atom stereocenters. The van der Waals surface area contributed by atoms with E-state index in [0.717, 1.165) is 10.0 Å². The number of halogens is 1. The second kappa shape index (κ2) is 8.16. The Morgan fingerprint density at radius 1 is 1.45 bits per heavy atom. The lowest BCUT2D eigenvalue weighted by Gasteiger charge is -2.15. The summed E-state index contributed by atoms with van der Waals surface area (Å²) in [5.41, 5.74) is 1.61. The fourth-order valence-electron chi connectivity index (χ4n) is 1.54. The number of nitrogens with one attached hydrogen (secondary N) is 2. The second-order valence-electron chi connectivity index (χ2n) is 4.25. The Kier molecular flexibility index (Phi) is 6.87. The topological polar surface area (TPSA) is 78.4 Å². The minimum Gasteiger partial charge on any atom is -0.480 e. The van der Waals surface area contributed by atoms with Gasteiger partial charge in [-0.25, -0.2) is 9.59 Å². The summed E-state index contributed by atoms with van der Waals surface area (Å²) in [5.74, 6) is -0.358. The van der Waals surface area contributed by atoms with Gasteiger partial charge in [-0.15, -0.1) is 0 Å². The van der Waals surface area contributed by atoms with Gasteiger partial charge in [0, 0.05) is 4.47 Å². The van der Waals surface area contributed by atoms with Gasteiger partial charge in [-0.05, 0) is 59.0 Å². The third kappa shape index (κ3) is 5.42. The van der Waals surface area contributed by atoms with Crippen LogP contribution >= 0.6 is 27.7 Å². The molecular formula is C13H17BrN2O3S. The van der Waals surface area contributed by atoms with E-state index < -0.39 is 18.0 Å². The summed E-state index contributed by atoms with van der Waals surface area (Å²) in [5, 5.41) is 14.2. The Hall–Kier alpha value is -1.21. The lowest BCUT2D eigenvalue weighted by Crippen LogP contribution is -2.43. The van der Waals surface area contributed by atoms with Crippen LogP contribution in [0.1, 0.15) is 12.0 Å². The predicted molar refractivity (Wildman–Crippen MR) is 85.5 cm³/mol. The minimum absolute atomic E-state index is 0.388. The molecule has 0 aliphatic rings. The zero-order valence-corrected chi connectivity index (χ0v) is 13.7. The Morgan fingerprint density at radius 3 is 2.75 bits per heavy atom. The molecule has 0 saturated carbocycles. The van der Waals surface area contributed by atoms with Gasteiger partial charge in [0.2, 0.25) is 0 Å². The molecule has 1 rings (SSSR count). The van der Waals surface area contributed by atoms with Crippen molar-refractivity contribution in [3.05, 3.63) is 28.2 Å². The van der Waals surface area contributed by atoms with Crippen molar-refractivity contribution in [2.75, 3.05) is 17.3 Å². The van der Waals surface area contributed by atoms with Crippen LogP contribution < -0.4 is 10.6 Å². The van der Waals surface area contributed by atoms with Gasteiger partial charge < -0.3 is 15.7 Å². The van der Waals surface area contributed by atoms with Crippen molar-refractivity contribution in [1.29, 1.82) is 0 Å². The highest BCUT2D eigenvalue weighted by molar-refractivity contribution is 9.10. The number of hydrogen-bond acceptors (Lipinski definition) is 3. The Bertz CT molecular complexity index is 497. The van der Waals surface area contributed by atoms with Crippen molar-refractivity contribution in [1.82, 2.24) is 5.32 Å². The van der Waals surface area contributed by atoms with E-state index >= 15 is 0 Å². The number of urea groups is 1. The zero-order valence-electron chi connectivity index (χ0n) is 11.3. The maximum absolute atomic E-state index is 11.8. The van der Waals surface area contributed by atoms with Gasteiger partial charge >= 0.3 is 12.0 Å². The molecule has 1 aromatic rings. The first-order valence-electron chi connectivity index (χ1n) is 5.99. The molecular weight excluding hydrogens is 344 g/mol. The number of rotatable bonds is 6. The summed E-state index contributed by atoms with van der Waals surface area (Å²) in [6.07, 6.45) is 2.28. The maximum atomic E-state index is 11.8. The van der Waals surface area contributed by atoms with E-state index in [9.17, 15) is 9.59 Å². The summed E-state index contributed by atoms with van der Waals surface area (Å²) in [4.78, 5) is 22.9. The van der Waals surface area contributed by atoms with Crippen LogP contribution in [0, 0.1) is 6.92 Å². The summed E-state index contributed by atoms with van der Waals surface area (Å²) < 4.78 is 0.745. The smallest absolute Gasteiger partial charge is 0.326 e. The molecule has 1 aromatic carbocycles. The highest BCUT2D eigenvalue weighted by Gasteiger charge is 2.19. The number of benzene rings is 1.